The summed E-state index contributed by atoms with van der Waals surface area (Å²) in [6.45, 7) is 1.64. The Morgan fingerprint density at radius 3 is 2.43 bits per heavy atom. The van der Waals surface area contributed by atoms with Crippen molar-refractivity contribution in [1.82, 2.24) is 10.6 Å². The van der Waals surface area contributed by atoms with Crippen molar-refractivity contribution in [2.45, 2.75) is 23.8 Å². The molecule has 0 aliphatic carbocycles. The van der Waals surface area contributed by atoms with Gasteiger partial charge in [-0.15, -0.1) is 0 Å². The Balaban J connectivity index is 1.49. The number of para-hydroxylation sites is 1. The first-order valence-corrected chi connectivity index (χ1v) is 11.6. The molecular weight excluding hydrogens is 410 g/mol. The maximum atomic E-state index is 14.0. The molecule has 9 heteroatoms. The lowest BCUT2D eigenvalue weighted by Crippen LogP contribution is -2.45. The number of hydrogen-bond donors (Lipinski definition) is 2. The van der Waals surface area contributed by atoms with Crippen LogP contribution in [-0.2, 0) is 16.3 Å². The fourth-order valence-electron chi connectivity index (χ4n) is 3.49. The number of benzene rings is 2. The van der Waals surface area contributed by atoms with Gasteiger partial charge >= 0.3 is 0 Å². The normalized spacial score (nSPS) is 17.3. The Bertz CT molecular complexity index is 990. The highest BCUT2D eigenvalue weighted by Crippen LogP contribution is 2.26. The van der Waals surface area contributed by atoms with E-state index in [2.05, 4.69) is 15.6 Å². The highest BCUT2D eigenvalue weighted by molar-refractivity contribution is 7.90. The molecule has 6 nitrogen and oxygen atoms in total. The number of guanidine groups is 1. The third-order valence-electron chi connectivity index (χ3n) is 5.06. The van der Waals surface area contributed by atoms with Crippen LogP contribution < -0.4 is 15.5 Å². The molecule has 1 atom stereocenters. The van der Waals surface area contributed by atoms with Crippen LogP contribution in [0.5, 0.6) is 0 Å². The van der Waals surface area contributed by atoms with Crippen LogP contribution in [0.3, 0.4) is 0 Å². The molecule has 0 bridgehead atoms. The van der Waals surface area contributed by atoms with Gasteiger partial charge in [-0.25, -0.2) is 17.2 Å². The summed E-state index contributed by atoms with van der Waals surface area (Å²) in [6, 6.07) is 10.7. The Morgan fingerprint density at radius 1 is 1.17 bits per heavy atom. The molecule has 1 fully saturated rings. The minimum atomic E-state index is -3.20. The van der Waals surface area contributed by atoms with Crippen molar-refractivity contribution in [2.75, 3.05) is 37.8 Å². The summed E-state index contributed by atoms with van der Waals surface area (Å²) in [5.41, 5.74) is 1.02. The zero-order valence-electron chi connectivity index (χ0n) is 17.0. The van der Waals surface area contributed by atoms with Gasteiger partial charge in [0, 0.05) is 39.0 Å². The second kappa shape index (κ2) is 9.42. The number of nitrogens with zero attached hydrogens (tertiary/aromatic N) is 2. The fraction of sp³-hybridized carbons (Fsp3) is 0.381. The molecule has 2 N–H and O–H groups in total. The summed E-state index contributed by atoms with van der Waals surface area (Å²) in [6.07, 6.45) is 2.62. The second-order valence-corrected chi connectivity index (χ2v) is 9.33. The van der Waals surface area contributed by atoms with E-state index >= 15 is 0 Å². The summed E-state index contributed by atoms with van der Waals surface area (Å²) in [5.74, 6) is -0.497. The van der Waals surface area contributed by atoms with Gasteiger partial charge in [0.25, 0.3) is 0 Å². The molecule has 1 heterocycles. The number of aliphatic imine (C=N–C) groups is 1. The van der Waals surface area contributed by atoms with Crippen LogP contribution in [0.1, 0.15) is 12.0 Å². The van der Waals surface area contributed by atoms with Crippen molar-refractivity contribution in [3.63, 3.8) is 0 Å². The molecule has 1 aliphatic heterocycles. The van der Waals surface area contributed by atoms with E-state index in [-0.39, 0.29) is 11.7 Å². The average Bonchev–Trinajstić information content (AvgIpc) is 3.15. The SMILES string of the molecule is CN=C(NCCc1ccc(S(C)(=O)=O)cc1)NC1CCN(c2c(F)cccc2F)C1. The first kappa shape index (κ1) is 22.0. The summed E-state index contributed by atoms with van der Waals surface area (Å²) in [5, 5.41) is 6.51. The summed E-state index contributed by atoms with van der Waals surface area (Å²) < 4.78 is 51.1. The van der Waals surface area contributed by atoms with Crippen molar-refractivity contribution in [2.24, 2.45) is 4.99 Å². The zero-order valence-corrected chi connectivity index (χ0v) is 17.8. The first-order chi connectivity index (χ1) is 14.3. The molecule has 2 aromatic carbocycles. The minimum absolute atomic E-state index is 0.0160. The van der Waals surface area contributed by atoms with E-state index in [1.54, 1.807) is 36.2 Å². The molecule has 2 aromatic rings. The lowest BCUT2D eigenvalue weighted by atomic mass is 10.1. The largest absolute Gasteiger partial charge is 0.365 e. The van der Waals surface area contributed by atoms with Crippen LogP contribution in [0.25, 0.3) is 0 Å². The molecule has 0 aromatic heterocycles. The highest BCUT2D eigenvalue weighted by atomic mass is 32.2. The number of anilines is 1. The molecule has 162 valence electrons. The van der Waals surface area contributed by atoms with Gasteiger partial charge in [0.1, 0.15) is 17.3 Å². The average molecular weight is 437 g/mol. The smallest absolute Gasteiger partial charge is 0.191 e. The quantitative estimate of drug-likeness (QED) is 0.537. The summed E-state index contributed by atoms with van der Waals surface area (Å²) >= 11 is 0. The van der Waals surface area contributed by atoms with Gasteiger partial charge in [-0.05, 0) is 42.7 Å². The van der Waals surface area contributed by atoms with E-state index in [0.29, 0.717) is 36.9 Å². The monoisotopic (exact) mass is 436 g/mol. The third kappa shape index (κ3) is 5.47. The summed E-state index contributed by atoms with van der Waals surface area (Å²) in [7, 11) is -1.53. The number of halogens is 2. The first-order valence-electron chi connectivity index (χ1n) is 9.73. The molecule has 1 unspecified atom stereocenters. The number of hydrogen-bond acceptors (Lipinski definition) is 4. The van der Waals surface area contributed by atoms with Gasteiger partial charge in [-0.1, -0.05) is 18.2 Å². The van der Waals surface area contributed by atoms with Crippen molar-refractivity contribution in [3.05, 3.63) is 59.7 Å². The van der Waals surface area contributed by atoms with Crippen molar-refractivity contribution >= 4 is 21.5 Å². The highest BCUT2D eigenvalue weighted by Gasteiger charge is 2.27. The van der Waals surface area contributed by atoms with Crippen LogP contribution >= 0.6 is 0 Å². The predicted octanol–water partition coefficient (Wildman–Crippen LogP) is 2.35. The van der Waals surface area contributed by atoms with E-state index in [4.69, 9.17) is 0 Å². The molecular formula is C21H26F2N4O2S. The topological polar surface area (TPSA) is 73.8 Å². The van der Waals surface area contributed by atoms with Gasteiger partial charge in [-0.2, -0.15) is 0 Å². The summed E-state index contributed by atoms with van der Waals surface area (Å²) in [4.78, 5) is 6.22. The molecule has 1 aliphatic rings. The van der Waals surface area contributed by atoms with Crippen LogP contribution in [0.15, 0.2) is 52.4 Å². The van der Waals surface area contributed by atoms with Crippen LogP contribution in [0.4, 0.5) is 14.5 Å². The van der Waals surface area contributed by atoms with E-state index in [0.717, 1.165) is 12.0 Å². The molecule has 0 spiro atoms. The minimum Gasteiger partial charge on any atom is -0.365 e. The molecule has 30 heavy (non-hydrogen) atoms. The Morgan fingerprint density at radius 2 is 1.83 bits per heavy atom. The van der Waals surface area contributed by atoms with Crippen LogP contribution in [-0.4, -0.2) is 53.4 Å². The lowest BCUT2D eigenvalue weighted by molar-refractivity contribution is 0.576. The fourth-order valence-corrected chi connectivity index (χ4v) is 4.12. The number of rotatable bonds is 6. The Labute approximate surface area is 175 Å². The zero-order chi connectivity index (χ0) is 21.7. The van der Waals surface area contributed by atoms with Gasteiger partial charge in [0.05, 0.1) is 4.90 Å². The molecule has 0 amide bonds. The Kier molecular flexibility index (Phi) is 6.91. The maximum Gasteiger partial charge on any atom is 0.191 e. The second-order valence-electron chi connectivity index (χ2n) is 7.31. The van der Waals surface area contributed by atoms with Crippen LogP contribution in [0.2, 0.25) is 0 Å². The molecule has 1 saturated heterocycles. The maximum absolute atomic E-state index is 14.0. The van der Waals surface area contributed by atoms with E-state index in [1.165, 1.54) is 24.5 Å². The van der Waals surface area contributed by atoms with Crippen molar-refractivity contribution in [3.8, 4) is 0 Å². The third-order valence-corrected chi connectivity index (χ3v) is 6.19. The van der Waals surface area contributed by atoms with Crippen molar-refractivity contribution < 1.29 is 17.2 Å². The predicted molar refractivity (Wildman–Crippen MR) is 115 cm³/mol. The lowest BCUT2D eigenvalue weighted by Gasteiger charge is -2.21. The standard InChI is InChI=1S/C21H26F2N4O2S/c1-24-21(25-12-10-15-6-8-17(9-7-15)30(2,28)29)26-16-11-13-27(14-16)20-18(22)4-3-5-19(20)23/h3-9,16H,10-14H2,1-2H3,(H2,24,25,26). The van der Waals surface area contributed by atoms with Gasteiger partial charge < -0.3 is 15.5 Å². The van der Waals surface area contributed by atoms with Gasteiger partial charge in [0.15, 0.2) is 15.8 Å². The van der Waals surface area contributed by atoms with Crippen LogP contribution in [0, 0.1) is 11.6 Å². The van der Waals surface area contributed by atoms with E-state index in [9.17, 15) is 17.2 Å². The van der Waals surface area contributed by atoms with Crippen molar-refractivity contribution in [1.29, 1.82) is 0 Å². The number of nitrogens with one attached hydrogen (secondary N) is 2. The Hall–Kier alpha value is -2.68. The van der Waals surface area contributed by atoms with Gasteiger partial charge in [-0.3, -0.25) is 4.99 Å². The molecule has 0 radical (unpaired) electrons. The van der Waals surface area contributed by atoms with E-state index in [1.807, 2.05) is 0 Å². The molecule has 3 rings (SSSR count). The molecule has 0 saturated carbocycles. The van der Waals surface area contributed by atoms with E-state index < -0.39 is 21.5 Å². The van der Waals surface area contributed by atoms with Gasteiger partial charge in [0.2, 0.25) is 0 Å². The number of sulfone groups is 1.